The fourth-order valence-electron chi connectivity index (χ4n) is 2.75. The number of carbonyl (C=O) groups excluding carboxylic acids is 4. The van der Waals surface area contributed by atoms with Crippen LogP contribution < -0.4 is 10.6 Å². The van der Waals surface area contributed by atoms with Crippen molar-refractivity contribution in [2.45, 2.75) is 32.4 Å². The molecule has 9 heteroatoms. The van der Waals surface area contributed by atoms with Crippen LogP contribution in [0.25, 0.3) is 11.0 Å². The van der Waals surface area contributed by atoms with E-state index in [2.05, 4.69) is 10.6 Å². The molecule has 1 aliphatic rings. The van der Waals surface area contributed by atoms with E-state index in [-0.39, 0.29) is 31.8 Å². The number of furan rings is 1. The van der Waals surface area contributed by atoms with E-state index >= 15 is 0 Å². The second-order valence-electron chi connectivity index (χ2n) is 5.84. The van der Waals surface area contributed by atoms with Gasteiger partial charge < -0.3 is 19.2 Å². The van der Waals surface area contributed by atoms with Crippen LogP contribution in [0.5, 0.6) is 0 Å². The zero-order valence-electron chi connectivity index (χ0n) is 14.6. The first-order valence-corrected chi connectivity index (χ1v) is 8.44. The van der Waals surface area contributed by atoms with Gasteiger partial charge in [-0.2, -0.15) is 0 Å². The molecule has 0 spiro atoms. The first-order chi connectivity index (χ1) is 13.0. The van der Waals surface area contributed by atoms with E-state index in [0.717, 1.165) is 0 Å². The summed E-state index contributed by atoms with van der Waals surface area (Å²) in [5, 5.41) is 5.15. The minimum atomic E-state index is -0.755. The Morgan fingerprint density at radius 3 is 2.67 bits per heavy atom. The Morgan fingerprint density at radius 2 is 1.96 bits per heavy atom. The molecule has 27 heavy (non-hydrogen) atoms. The number of esters is 2. The van der Waals surface area contributed by atoms with Crippen molar-refractivity contribution < 1.29 is 33.1 Å². The van der Waals surface area contributed by atoms with Gasteiger partial charge >= 0.3 is 18.0 Å². The van der Waals surface area contributed by atoms with Crippen molar-refractivity contribution in [1.29, 1.82) is 0 Å². The van der Waals surface area contributed by atoms with Gasteiger partial charge in [-0.1, -0.05) is 18.2 Å². The average Bonchev–Trinajstić information content (AvgIpc) is 3.17. The minimum absolute atomic E-state index is 0.00622. The Hall–Kier alpha value is -3.36. The lowest BCUT2D eigenvalue weighted by Crippen LogP contribution is -2.29. The van der Waals surface area contributed by atoms with Crippen molar-refractivity contribution in [2.24, 2.45) is 0 Å². The molecule has 0 saturated carbocycles. The molecular weight excluding hydrogens is 356 g/mol. The van der Waals surface area contributed by atoms with Crippen LogP contribution in [0.15, 0.2) is 28.7 Å². The number of imide groups is 1. The molecule has 1 atom stereocenters. The monoisotopic (exact) mass is 374 g/mol. The van der Waals surface area contributed by atoms with Crippen LogP contribution in [-0.4, -0.2) is 36.5 Å². The van der Waals surface area contributed by atoms with Gasteiger partial charge in [0.05, 0.1) is 12.2 Å². The summed E-state index contributed by atoms with van der Waals surface area (Å²) in [4.78, 5) is 46.6. The summed E-state index contributed by atoms with van der Waals surface area (Å²) in [6.45, 7) is 1.69. The molecule has 1 saturated heterocycles. The largest absolute Gasteiger partial charge is 0.461 e. The van der Waals surface area contributed by atoms with E-state index < -0.39 is 29.9 Å². The molecule has 1 unspecified atom stereocenters. The molecule has 0 radical (unpaired) electrons. The van der Waals surface area contributed by atoms with Crippen molar-refractivity contribution >= 4 is 34.8 Å². The minimum Gasteiger partial charge on any atom is -0.461 e. The molecular formula is C18H18N2O7. The quantitative estimate of drug-likeness (QED) is 0.558. The Labute approximate surface area is 154 Å². The molecule has 142 valence electrons. The standard InChI is InChI=1S/C18H18N2O7/c1-2-25-17(23)15-11(10-5-3-4-6-13(10)27-15)9-26-14(21)8-7-12-16(22)20-18(24)19-12/h3-6,12H,2,7-9H2,1H3,(H2,19,20,22,24). The lowest BCUT2D eigenvalue weighted by atomic mass is 10.1. The highest BCUT2D eigenvalue weighted by Crippen LogP contribution is 2.27. The topological polar surface area (TPSA) is 124 Å². The molecule has 0 aliphatic carbocycles. The maximum absolute atomic E-state index is 12.1. The third-order valence-electron chi connectivity index (χ3n) is 4.03. The summed E-state index contributed by atoms with van der Waals surface area (Å²) in [6, 6.07) is 5.66. The van der Waals surface area contributed by atoms with E-state index in [9.17, 15) is 19.2 Å². The number of hydrogen-bond donors (Lipinski definition) is 2. The number of para-hydroxylation sites is 1. The smallest absolute Gasteiger partial charge is 0.374 e. The average molecular weight is 374 g/mol. The molecule has 2 aromatic rings. The van der Waals surface area contributed by atoms with Gasteiger partial charge in [-0.3, -0.25) is 14.9 Å². The molecule has 1 fully saturated rings. The predicted molar refractivity (Wildman–Crippen MR) is 91.7 cm³/mol. The molecule has 2 heterocycles. The second kappa shape index (κ2) is 7.90. The van der Waals surface area contributed by atoms with Crippen LogP contribution in [-0.2, 0) is 25.7 Å². The van der Waals surface area contributed by atoms with Gasteiger partial charge in [0.15, 0.2) is 0 Å². The third-order valence-corrected chi connectivity index (χ3v) is 4.03. The zero-order valence-corrected chi connectivity index (χ0v) is 14.6. The van der Waals surface area contributed by atoms with Crippen LogP contribution in [0.3, 0.4) is 0 Å². The van der Waals surface area contributed by atoms with Crippen molar-refractivity contribution in [3.05, 3.63) is 35.6 Å². The Balaban J connectivity index is 1.66. The summed E-state index contributed by atoms with van der Waals surface area (Å²) in [6.07, 6.45) is 0.0518. The fraction of sp³-hybridized carbons (Fsp3) is 0.333. The summed E-state index contributed by atoms with van der Waals surface area (Å²) < 4.78 is 15.8. The van der Waals surface area contributed by atoms with Crippen LogP contribution >= 0.6 is 0 Å². The fourth-order valence-corrected chi connectivity index (χ4v) is 2.75. The van der Waals surface area contributed by atoms with Crippen molar-refractivity contribution in [3.8, 4) is 0 Å². The summed E-state index contributed by atoms with van der Waals surface area (Å²) in [5.74, 6) is -1.68. The number of rotatable bonds is 7. The highest BCUT2D eigenvalue weighted by atomic mass is 16.5. The van der Waals surface area contributed by atoms with Gasteiger partial charge in [0.2, 0.25) is 5.76 Å². The predicted octanol–water partition coefficient (Wildman–Crippen LogP) is 1.64. The van der Waals surface area contributed by atoms with E-state index in [1.807, 2.05) is 0 Å². The van der Waals surface area contributed by atoms with E-state index in [1.165, 1.54) is 0 Å². The molecule has 1 aromatic heterocycles. The summed E-state index contributed by atoms with van der Waals surface area (Å²) >= 11 is 0. The molecule has 1 aromatic carbocycles. The molecule has 9 nitrogen and oxygen atoms in total. The number of ether oxygens (including phenoxy) is 2. The normalized spacial score (nSPS) is 16.1. The maximum atomic E-state index is 12.1. The lowest BCUT2D eigenvalue weighted by molar-refractivity contribution is -0.145. The molecule has 0 bridgehead atoms. The van der Waals surface area contributed by atoms with Crippen LogP contribution in [0.1, 0.15) is 35.9 Å². The number of carbonyl (C=O) groups is 4. The van der Waals surface area contributed by atoms with E-state index in [0.29, 0.717) is 16.5 Å². The van der Waals surface area contributed by atoms with Gasteiger partial charge in [0, 0.05) is 11.8 Å². The molecule has 1 aliphatic heterocycles. The molecule has 3 rings (SSSR count). The van der Waals surface area contributed by atoms with Crippen LogP contribution in [0.2, 0.25) is 0 Å². The zero-order chi connectivity index (χ0) is 19.4. The van der Waals surface area contributed by atoms with E-state index in [1.54, 1.807) is 31.2 Å². The second-order valence-corrected chi connectivity index (χ2v) is 5.84. The number of hydrogen-bond acceptors (Lipinski definition) is 7. The summed E-state index contributed by atoms with van der Waals surface area (Å²) in [5.41, 5.74) is 0.904. The summed E-state index contributed by atoms with van der Waals surface area (Å²) in [7, 11) is 0. The number of benzene rings is 1. The van der Waals surface area contributed by atoms with Gasteiger partial charge in [-0.05, 0) is 19.4 Å². The first-order valence-electron chi connectivity index (χ1n) is 8.44. The van der Waals surface area contributed by atoms with Gasteiger partial charge in [0.25, 0.3) is 5.91 Å². The number of urea groups is 1. The molecule has 2 N–H and O–H groups in total. The van der Waals surface area contributed by atoms with Gasteiger partial charge in [0.1, 0.15) is 18.2 Å². The van der Waals surface area contributed by atoms with Gasteiger partial charge in [-0.15, -0.1) is 0 Å². The Morgan fingerprint density at radius 1 is 1.19 bits per heavy atom. The van der Waals surface area contributed by atoms with Crippen LogP contribution in [0.4, 0.5) is 4.79 Å². The highest BCUT2D eigenvalue weighted by Gasteiger charge is 2.30. The maximum Gasteiger partial charge on any atom is 0.374 e. The van der Waals surface area contributed by atoms with Crippen molar-refractivity contribution in [3.63, 3.8) is 0 Å². The van der Waals surface area contributed by atoms with E-state index in [4.69, 9.17) is 13.9 Å². The highest BCUT2D eigenvalue weighted by molar-refractivity contribution is 6.04. The van der Waals surface area contributed by atoms with Crippen LogP contribution in [0, 0.1) is 0 Å². The SMILES string of the molecule is CCOC(=O)c1oc2ccccc2c1COC(=O)CCC1NC(=O)NC1=O. The Kier molecular flexibility index (Phi) is 5.39. The first kappa shape index (κ1) is 18.4. The van der Waals surface area contributed by atoms with Gasteiger partial charge in [-0.25, -0.2) is 9.59 Å². The number of nitrogens with one attached hydrogen (secondary N) is 2. The Bertz CT molecular complexity index is 902. The lowest BCUT2D eigenvalue weighted by Gasteiger charge is -2.08. The van der Waals surface area contributed by atoms with Crippen molar-refractivity contribution in [1.82, 2.24) is 10.6 Å². The van der Waals surface area contributed by atoms with Crippen molar-refractivity contribution in [2.75, 3.05) is 6.61 Å². The molecule has 3 amide bonds. The third kappa shape index (κ3) is 4.08. The number of fused-ring (bicyclic) bond motifs is 1. The number of amides is 3.